The Labute approximate surface area is 104 Å². The maximum absolute atomic E-state index is 10.7. The smallest absolute Gasteiger partial charge is 0.200 e. The van der Waals surface area contributed by atoms with Crippen LogP contribution in [0, 0.1) is 0 Å². The van der Waals surface area contributed by atoms with Crippen molar-refractivity contribution in [3.05, 3.63) is 5.57 Å². The van der Waals surface area contributed by atoms with Crippen molar-refractivity contribution < 1.29 is 19.1 Å². The molecule has 0 saturated heterocycles. The van der Waals surface area contributed by atoms with Gasteiger partial charge in [0.15, 0.2) is 8.32 Å². The molecule has 0 aromatic rings. The standard InChI is InChI=1S/C12H22O4Si/c1-4-12(11(9-14)10-15)16-17(5-2,6-3)8-7-13/h7,12,14H,4-6,8-9H2,1-3H3. The number of aldehydes is 1. The lowest BCUT2D eigenvalue weighted by Gasteiger charge is -2.32. The summed E-state index contributed by atoms with van der Waals surface area (Å²) in [6.07, 6.45) is 1.11. The van der Waals surface area contributed by atoms with Gasteiger partial charge in [-0.05, 0) is 18.5 Å². The average Bonchev–Trinajstić information content (AvgIpc) is 2.37. The van der Waals surface area contributed by atoms with Crippen LogP contribution < -0.4 is 0 Å². The highest BCUT2D eigenvalue weighted by Crippen LogP contribution is 2.25. The minimum absolute atomic E-state index is 0.247. The molecular formula is C12H22O4Si. The highest BCUT2D eigenvalue weighted by Gasteiger charge is 2.34. The molecule has 0 aromatic carbocycles. The fraction of sp³-hybridized carbons (Fsp3) is 0.750. The van der Waals surface area contributed by atoms with Crippen molar-refractivity contribution in [1.29, 1.82) is 0 Å². The van der Waals surface area contributed by atoms with Gasteiger partial charge in [0, 0.05) is 6.04 Å². The molecule has 5 heteroatoms. The molecular weight excluding hydrogens is 236 g/mol. The van der Waals surface area contributed by atoms with Crippen molar-refractivity contribution >= 4 is 20.5 Å². The molecule has 1 atom stereocenters. The fourth-order valence-electron chi connectivity index (χ4n) is 1.81. The highest BCUT2D eigenvalue weighted by molar-refractivity contribution is 6.75. The summed E-state index contributed by atoms with van der Waals surface area (Å²) in [4.78, 5) is 21.4. The first-order valence-corrected chi connectivity index (χ1v) is 8.62. The van der Waals surface area contributed by atoms with Gasteiger partial charge in [-0.25, -0.2) is 4.79 Å². The van der Waals surface area contributed by atoms with E-state index < -0.39 is 14.4 Å². The molecule has 1 N–H and O–H groups in total. The summed E-state index contributed by atoms with van der Waals surface area (Å²) in [6, 6.07) is 2.10. The van der Waals surface area contributed by atoms with Crippen molar-refractivity contribution in [3.8, 4) is 0 Å². The van der Waals surface area contributed by atoms with Gasteiger partial charge >= 0.3 is 0 Å². The summed E-state index contributed by atoms with van der Waals surface area (Å²) in [7, 11) is -2.10. The van der Waals surface area contributed by atoms with E-state index in [0.717, 1.165) is 18.4 Å². The van der Waals surface area contributed by atoms with Gasteiger partial charge in [-0.2, -0.15) is 0 Å². The van der Waals surface area contributed by atoms with Gasteiger partial charge in [0.2, 0.25) is 0 Å². The van der Waals surface area contributed by atoms with E-state index in [-0.39, 0.29) is 12.2 Å². The van der Waals surface area contributed by atoms with E-state index in [2.05, 4.69) is 0 Å². The SMILES string of the molecule is CCC(O[Si](CC)(CC)CC=O)C(=C=O)CO. The van der Waals surface area contributed by atoms with E-state index in [1.807, 2.05) is 20.8 Å². The van der Waals surface area contributed by atoms with Crippen molar-refractivity contribution in [2.24, 2.45) is 0 Å². The summed E-state index contributed by atoms with van der Waals surface area (Å²) in [5.74, 6) is 1.74. The third-order valence-corrected chi connectivity index (χ3v) is 7.47. The molecule has 0 aliphatic rings. The summed E-state index contributed by atoms with van der Waals surface area (Å²) in [6.45, 7) is 5.58. The van der Waals surface area contributed by atoms with Gasteiger partial charge in [0.1, 0.15) is 12.2 Å². The summed E-state index contributed by atoms with van der Waals surface area (Å²) in [5.41, 5.74) is 0.247. The van der Waals surface area contributed by atoms with Gasteiger partial charge in [0.05, 0.1) is 18.3 Å². The van der Waals surface area contributed by atoms with Crippen molar-refractivity contribution in [3.63, 3.8) is 0 Å². The topological polar surface area (TPSA) is 63.6 Å². The minimum atomic E-state index is -2.10. The Morgan fingerprint density at radius 2 is 2.00 bits per heavy atom. The molecule has 0 aliphatic carbocycles. The first-order valence-electron chi connectivity index (χ1n) is 6.09. The second-order valence-corrected chi connectivity index (χ2v) is 8.49. The maximum atomic E-state index is 10.7. The number of aliphatic hydroxyl groups is 1. The lowest BCUT2D eigenvalue weighted by atomic mass is 10.1. The summed E-state index contributed by atoms with van der Waals surface area (Å²) < 4.78 is 6.02. The van der Waals surface area contributed by atoms with E-state index in [9.17, 15) is 9.59 Å². The maximum Gasteiger partial charge on any atom is 0.200 e. The second-order valence-electron chi connectivity index (χ2n) is 4.06. The molecule has 0 aliphatic heterocycles. The second kappa shape index (κ2) is 8.36. The molecule has 0 radical (unpaired) electrons. The molecule has 0 fully saturated rings. The molecule has 0 saturated carbocycles. The molecule has 17 heavy (non-hydrogen) atoms. The van der Waals surface area contributed by atoms with E-state index in [1.165, 1.54) is 0 Å². The van der Waals surface area contributed by atoms with Crippen LogP contribution in [0.15, 0.2) is 5.57 Å². The van der Waals surface area contributed by atoms with Gasteiger partial charge < -0.3 is 14.3 Å². The number of hydrogen-bond donors (Lipinski definition) is 1. The molecule has 1 unspecified atom stereocenters. The van der Waals surface area contributed by atoms with Gasteiger partial charge in [0.25, 0.3) is 0 Å². The Hall–Kier alpha value is -0.743. The molecule has 0 aromatic heterocycles. The minimum Gasteiger partial charge on any atom is -0.409 e. The first-order chi connectivity index (χ1) is 8.12. The largest absolute Gasteiger partial charge is 0.409 e. The predicted molar refractivity (Wildman–Crippen MR) is 69.0 cm³/mol. The van der Waals surface area contributed by atoms with Crippen LogP contribution >= 0.6 is 0 Å². The number of carbonyl (C=O) groups is 1. The number of carbonyl (C=O) groups excluding carboxylic acids is 2. The molecule has 0 heterocycles. The van der Waals surface area contributed by atoms with Crippen molar-refractivity contribution in [2.75, 3.05) is 6.61 Å². The third-order valence-electron chi connectivity index (χ3n) is 3.20. The number of rotatable bonds is 9. The summed E-state index contributed by atoms with van der Waals surface area (Å²) >= 11 is 0. The quantitative estimate of drug-likeness (QED) is 0.388. The Kier molecular flexibility index (Phi) is 8.00. The molecule has 0 amide bonds. The molecule has 4 nitrogen and oxygen atoms in total. The molecule has 98 valence electrons. The van der Waals surface area contributed by atoms with E-state index in [0.29, 0.717) is 12.5 Å². The first kappa shape index (κ1) is 16.3. The van der Waals surface area contributed by atoms with Gasteiger partial charge in [-0.15, -0.1) is 0 Å². The van der Waals surface area contributed by atoms with E-state index >= 15 is 0 Å². The van der Waals surface area contributed by atoms with Crippen LogP contribution in [-0.2, 0) is 14.0 Å². The van der Waals surface area contributed by atoms with Crippen LogP contribution in [-0.4, -0.2) is 38.4 Å². The molecule has 0 bridgehead atoms. The predicted octanol–water partition coefficient (Wildman–Crippen LogP) is 1.72. The zero-order valence-electron chi connectivity index (χ0n) is 10.9. The lowest BCUT2D eigenvalue weighted by molar-refractivity contribution is -0.106. The number of aliphatic hydroxyl groups excluding tert-OH is 1. The zero-order valence-corrected chi connectivity index (χ0v) is 11.9. The third kappa shape index (κ3) is 4.56. The van der Waals surface area contributed by atoms with Crippen molar-refractivity contribution in [2.45, 2.75) is 51.4 Å². The van der Waals surface area contributed by atoms with Crippen LogP contribution in [0.3, 0.4) is 0 Å². The van der Waals surface area contributed by atoms with Gasteiger partial charge in [-0.3, -0.25) is 0 Å². The van der Waals surface area contributed by atoms with Crippen LogP contribution in [0.5, 0.6) is 0 Å². The van der Waals surface area contributed by atoms with Crippen LogP contribution in [0.1, 0.15) is 27.2 Å². The Morgan fingerprint density at radius 1 is 1.41 bits per heavy atom. The average molecular weight is 258 g/mol. The van der Waals surface area contributed by atoms with Crippen LogP contribution in [0.2, 0.25) is 18.1 Å². The van der Waals surface area contributed by atoms with E-state index in [1.54, 1.807) is 5.94 Å². The van der Waals surface area contributed by atoms with Crippen LogP contribution in [0.25, 0.3) is 0 Å². The molecule has 0 spiro atoms. The summed E-state index contributed by atoms with van der Waals surface area (Å²) in [5, 5.41) is 9.07. The Morgan fingerprint density at radius 3 is 2.29 bits per heavy atom. The monoisotopic (exact) mass is 258 g/mol. The lowest BCUT2D eigenvalue weighted by Crippen LogP contribution is -2.41. The number of hydrogen-bond acceptors (Lipinski definition) is 4. The fourth-order valence-corrected chi connectivity index (χ4v) is 4.53. The van der Waals surface area contributed by atoms with E-state index in [4.69, 9.17) is 9.53 Å². The normalized spacial score (nSPS) is 12.9. The van der Waals surface area contributed by atoms with Crippen molar-refractivity contribution in [1.82, 2.24) is 0 Å². The van der Waals surface area contributed by atoms with Gasteiger partial charge in [-0.1, -0.05) is 20.8 Å². The van der Waals surface area contributed by atoms with Crippen LogP contribution in [0.4, 0.5) is 0 Å². The Balaban J connectivity index is 4.93. The molecule has 0 rings (SSSR count). The highest BCUT2D eigenvalue weighted by atomic mass is 28.4. The zero-order chi connectivity index (χ0) is 13.3. The Bertz CT molecular complexity index is 280.